The summed E-state index contributed by atoms with van der Waals surface area (Å²) in [5.41, 5.74) is 20.7. The van der Waals surface area contributed by atoms with E-state index in [4.69, 9.17) is 4.42 Å². The normalized spacial score (nSPS) is 14.4. The van der Waals surface area contributed by atoms with Crippen LogP contribution in [0.5, 0.6) is 0 Å². The van der Waals surface area contributed by atoms with Gasteiger partial charge in [-0.2, -0.15) is 0 Å². The molecule has 0 fully saturated rings. The van der Waals surface area contributed by atoms with E-state index in [-0.39, 0.29) is 10.8 Å². The molecule has 0 spiro atoms. The fourth-order valence-electron chi connectivity index (χ4n) is 9.67. The van der Waals surface area contributed by atoms with E-state index >= 15 is 0 Å². The first-order valence-corrected chi connectivity index (χ1v) is 19.7. The van der Waals surface area contributed by atoms with Crippen molar-refractivity contribution in [2.75, 3.05) is 4.90 Å². The van der Waals surface area contributed by atoms with Crippen molar-refractivity contribution in [2.45, 2.75) is 38.5 Å². The zero-order valence-corrected chi connectivity index (χ0v) is 32.1. The molecule has 1 heterocycles. The van der Waals surface area contributed by atoms with Crippen LogP contribution in [-0.2, 0) is 10.8 Å². The van der Waals surface area contributed by atoms with Crippen LogP contribution in [-0.4, -0.2) is 0 Å². The molecule has 0 saturated carbocycles. The lowest BCUT2D eigenvalue weighted by molar-refractivity contribution is 0.660. The van der Waals surface area contributed by atoms with Gasteiger partial charge in [0, 0.05) is 38.7 Å². The Kier molecular flexibility index (Phi) is 6.98. The predicted molar refractivity (Wildman–Crippen MR) is 234 cm³/mol. The standard InChI is InChI=1S/C54H41NO/c1-53(2)47-14-8-5-11-41(47)43-29-26-39(32-49(43)53)55(40-27-30-44-42-12-6-9-15-48(42)54(3,4)50(44)33-40)38-24-21-35(22-25-38)34-17-19-36(20-18-34)37-23-28-46-45-13-7-10-16-51(45)56-52(46)31-37/h5-33H,1-4H3. The van der Waals surface area contributed by atoms with Crippen LogP contribution in [0.2, 0.25) is 0 Å². The largest absolute Gasteiger partial charge is 0.456 e. The molecule has 2 heteroatoms. The maximum Gasteiger partial charge on any atom is 0.136 e. The van der Waals surface area contributed by atoms with E-state index in [1.807, 2.05) is 12.1 Å². The van der Waals surface area contributed by atoms with Crippen molar-refractivity contribution < 1.29 is 4.42 Å². The Morgan fingerprint density at radius 2 is 0.768 bits per heavy atom. The van der Waals surface area contributed by atoms with E-state index in [0.29, 0.717) is 0 Å². The number of hydrogen-bond acceptors (Lipinski definition) is 2. The fourth-order valence-corrected chi connectivity index (χ4v) is 9.67. The molecule has 9 aromatic rings. The molecule has 2 aliphatic carbocycles. The summed E-state index contributed by atoms with van der Waals surface area (Å²) in [5.74, 6) is 0. The lowest BCUT2D eigenvalue weighted by Crippen LogP contribution is -2.18. The smallest absolute Gasteiger partial charge is 0.136 e. The molecule has 0 amide bonds. The number of nitrogens with zero attached hydrogens (tertiary/aromatic N) is 1. The minimum absolute atomic E-state index is 0.0942. The van der Waals surface area contributed by atoms with Crippen LogP contribution in [0.1, 0.15) is 49.9 Å². The quantitative estimate of drug-likeness (QED) is 0.176. The SMILES string of the molecule is CC1(C)c2ccccc2-c2ccc(N(c3ccc(-c4ccc(-c5ccc6c(c5)oc5ccccc56)cc4)cc3)c3ccc4c(c3)C(C)(C)c3ccccc3-4)cc21. The summed E-state index contributed by atoms with van der Waals surface area (Å²) in [7, 11) is 0. The minimum atomic E-state index is -0.0942. The molecule has 11 rings (SSSR count). The minimum Gasteiger partial charge on any atom is -0.456 e. The molecule has 0 N–H and O–H groups in total. The average Bonchev–Trinajstić information content (AvgIpc) is 3.80. The van der Waals surface area contributed by atoms with Gasteiger partial charge in [0.2, 0.25) is 0 Å². The molecule has 0 atom stereocenters. The van der Waals surface area contributed by atoms with Crippen molar-refractivity contribution in [1.82, 2.24) is 0 Å². The summed E-state index contributed by atoms with van der Waals surface area (Å²) in [6.07, 6.45) is 0. The Morgan fingerprint density at radius 3 is 1.36 bits per heavy atom. The van der Waals surface area contributed by atoms with Gasteiger partial charge >= 0.3 is 0 Å². The summed E-state index contributed by atoms with van der Waals surface area (Å²) < 4.78 is 6.19. The summed E-state index contributed by atoms with van der Waals surface area (Å²) in [6.45, 7) is 9.44. The van der Waals surface area contributed by atoms with Crippen LogP contribution in [0.3, 0.4) is 0 Å². The molecule has 2 nitrogen and oxygen atoms in total. The van der Waals surface area contributed by atoms with Gasteiger partial charge in [0.05, 0.1) is 0 Å². The number of fused-ring (bicyclic) bond motifs is 9. The Labute approximate surface area is 328 Å². The first kappa shape index (κ1) is 32.8. The molecule has 0 aliphatic heterocycles. The van der Waals surface area contributed by atoms with Crippen LogP contribution in [0.25, 0.3) is 66.4 Å². The van der Waals surface area contributed by atoms with Gasteiger partial charge in [-0.15, -0.1) is 0 Å². The van der Waals surface area contributed by atoms with Gasteiger partial charge in [0.25, 0.3) is 0 Å². The van der Waals surface area contributed by atoms with Crippen molar-refractivity contribution in [3.8, 4) is 44.5 Å². The van der Waals surface area contributed by atoms with Gasteiger partial charge in [-0.1, -0.05) is 149 Å². The van der Waals surface area contributed by atoms with Crippen LogP contribution in [0.4, 0.5) is 17.1 Å². The van der Waals surface area contributed by atoms with E-state index in [0.717, 1.165) is 44.6 Å². The first-order chi connectivity index (χ1) is 27.3. The average molecular weight is 720 g/mol. The molecule has 0 bridgehead atoms. The van der Waals surface area contributed by atoms with Gasteiger partial charge in [0.15, 0.2) is 0 Å². The number of furan rings is 1. The van der Waals surface area contributed by atoms with E-state index in [9.17, 15) is 0 Å². The fraction of sp³-hybridized carbons (Fsp3) is 0.111. The molecule has 1 aromatic heterocycles. The third-order valence-corrected chi connectivity index (χ3v) is 12.7. The zero-order chi connectivity index (χ0) is 37.8. The van der Waals surface area contributed by atoms with E-state index in [1.54, 1.807) is 0 Å². The van der Waals surface area contributed by atoms with E-state index in [1.165, 1.54) is 61.2 Å². The topological polar surface area (TPSA) is 16.4 Å². The molecular formula is C54H41NO. The van der Waals surface area contributed by atoms with Crippen molar-refractivity contribution >= 4 is 39.0 Å². The highest BCUT2D eigenvalue weighted by Crippen LogP contribution is 2.53. The van der Waals surface area contributed by atoms with Crippen molar-refractivity contribution in [3.63, 3.8) is 0 Å². The molecule has 0 unspecified atom stereocenters. The number of benzene rings is 8. The molecule has 56 heavy (non-hydrogen) atoms. The second-order valence-electron chi connectivity index (χ2n) is 16.6. The lowest BCUT2D eigenvalue weighted by atomic mass is 9.82. The lowest BCUT2D eigenvalue weighted by Gasteiger charge is -2.30. The zero-order valence-electron chi connectivity index (χ0n) is 32.1. The van der Waals surface area contributed by atoms with Crippen molar-refractivity contribution in [2.24, 2.45) is 0 Å². The van der Waals surface area contributed by atoms with Crippen molar-refractivity contribution in [1.29, 1.82) is 0 Å². The van der Waals surface area contributed by atoms with Gasteiger partial charge < -0.3 is 9.32 Å². The second-order valence-corrected chi connectivity index (χ2v) is 16.6. The summed E-state index contributed by atoms with van der Waals surface area (Å²) in [6, 6.07) is 64.6. The van der Waals surface area contributed by atoms with Crippen LogP contribution >= 0.6 is 0 Å². The van der Waals surface area contributed by atoms with Crippen LogP contribution in [0, 0.1) is 0 Å². The van der Waals surface area contributed by atoms with E-state index in [2.05, 4.69) is 196 Å². The molecule has 0 saturated heterocycles. The molecule has 8 aromatic carbocycles. The Morgan fingerprint density at radius 1 is 0.339 bits per heavy atom. The molecule has 2 aliphatic rings. The van der Waals surface area contributed by atoms with E-state index < -0.39 is 0 Å². The maximum atomic E-state index is 6.19. The molecule has 0 radical (unpaired) electrons. The number of hydrogen-bond donors (Lipinski definition) is 0. The Hall–Kier alpha value is -6.64. The monoisotopic (exact) mass is 719 g/mol. The van der Waals surface area contributed by atoms with Crippen molar-refractivity contribution in [3.05, 3.63) is 198 Å². The van der Waals surface area contributed by atoms with Gasteiger partial charge in [-0.3, -0.25) is 0 Å². The van der Waals surface area contributed by atoms with Crippen LogP contribution < -0.4 is 4.90 Å². The second kappa shape index (κ2) is 11.9. The Bertz CT molecular complexity index is 2910. The van der Waals surface area contributed by atoms with Gasteiger partial charge in [-0.25, -0.2) is 0 Å². The highest BCUT2D eigenvalue weighted by Gasteiger charge is 2.37. The summed E-state index contributed by atoms with van der Waals surface area (Å²) in [5, 5.41) is 2.31. The summed E-state index contributed by atoms with van der Waals surface area (Å²) >= 11 is 0. The highest BCUT2D eigenvalue weighted by atomic mass is 16.3. The summed E-state index contributed by atoms with van der Waals surface area (Å²) in [4.78, 5) is 2.44. The first-order valence-electron chi connectivity index (χ1n) is 19.7. The number of rotatable bonds is 5. The molecular weight excluding hydrogens is 679 g/mol. The van der Waals surface area contributed by atoms with Crippen LogP contribution in [0.15, 0.2) is 180 Å². The third-order valence-electron chi connectivity index (χ3n) is 12.7. The Balaban J connectivity index is 0.973. The van der Waals surface area contributed by atoms with Gasteiger partial charge in [0.1, 0.15) is 11.2 Å². The highest BCUT2D eigenvalue weighted by molar-refractivity contribution is 6.06. The molecule has 268 valence electrons. The van der Waals surface area contributed by atoms with Gasteiger partial charge in [-0.05, 0) is 121 Å². The number of para-hydroxylation sites is 1. The third kappa shape index (κ3) is 4.82. The maximum absolute atomic E-state index is 6.19. The predicted octanol–water partition coefficient (Wildman–Crippen LogP) is 15.0. The number of anilines is 3.